The Morgan fingerprint density at radius 1 is 1.13 bits per heavy atom. The molecule has 5 atom stereocenters. The predicted octanol–water partition coefficient (Wildman–Crippen LogP) is 2.97. The zero-order valence-corrected chi connectivity index (χ0v) is 18.6. The van der Waals surface area contributed by atoms with Crippen molar-refractivity contribution < 1.29 is 29.6 Å². The number of aliphatic hydroxyl groups is 3. The number of carbonyl (C=O) groups is 1. The van der Waals surface area contributed by atoms with Crippen LogP contribution in [0.4, 0.5) is 0 Å². The first-order valence-electron chi connectivity index (χ1n) is 10.4. The Labute approximate surface area is 187 Å². The number of hydrogen-bond donors (Lipinski definition) is 4. The third-order valence-corrected chi connectivity index (χ3v) is 5.81. The van der Waals surface area contributed by atoms with Crippen LogP contribution in [0.2, 0.25) is 10.0 Å². The highest BCUT2D eigenvalue weighted by molar-refractivity contribution is 6.42. The number of halogens is 2. The molecule has 0 aliphatic carbocycles. The van der Waals surface area contributed by atoms with Crippen LogP contribution in [0.3, 0.4) is 0 Å². The van der Waals surface area contributed by atoms with Crippen LogP contribution in [-0.4, -0.2) is 58.8 Å². The van der Waals surface area contributed by atoms with Crippen LogP contribution in [0.1, 0.15) is 57.3 Å². The van der Waals surface area contributed by atoms with Gasteiger partial charge in [-0.05, 0) is 18.6 Å². The van der Waals surface area contributed by atoms with E-state index in [2.05, 4.69) is 12.2 Å². The Hall–Kier alpha value is -0.930. The molecule has 1 fully saturated rings. The van der Waals surface area contributed by atoms with E-state index in [1.165, 1.54) is 25.3 Å². The smallest absolute Gasteiger partial charge is 0.252 e. The Morgan fingerprint density at radius 2 is 1.83 bits per heavy atom. The van der Waals surface area contributed by atoms with Crippen LogP contribution >= 0.6 is 23.2 Å². The first-order chi connectivity index (χ1) is 14.4. The Kier molecular flexibility index (Phi) is 10.8. The molecule has 170 valence electrons. The van der Waals surface area contributed by atoms with Gasteiger partial charge in [0, 0.05) is 12.1 Å². The molecule has 9 heteroatoms. The average Bonchev–Trinajstić information content (AvgIpc) is 2.74. The molecule has 0 aromatic heterocycles. The Balaban J connectivity index is 2.02. The largest absolute Gasteiger partial charge is 0.394 e. The zero-order valence-electron chi connectivity index (χ0n) is 17.1. The van der Waals surface area contributed by atoms with Crippen molar-refractivity contribution in [2.45, 2.75) is 76.2 Å². The van der Waals surface area contributed by atoms with Crippen molar-refractivity contribution in [3.8, 4) is 0 Å². The first kappa shape index (κ1) is 25.3. The van der Waals surface area contributed by atoms with Crippen LogP contribution in [0.15, 0.2) is 18.2 Å². The summed E-state index contributed by atoms with van der Waals surface area (Å²) in [6, 6.07) is 4.70. The summed E-state index contributed by atoms with van der Waals surface area (Å²) in [5.41, 5.74) is 0.472. The Bertz CT molecular complexity index is 677. The van der Waals surface area contributed by atoms with Crippen molar-refractivity contribution in [1.82, 2.24) is 5.32 Å². The molecule has 0 saturated carbocycles. The van der Waals surface area contributed by atoms with E-state index in [1.807, 2.05) is 0 Å². The molecular formula is C21H31Cl2NO6. The maximum atomic E-state index is 12.7. The van der Waals surface area contributed by atoms with Crippen LogP contribution < -0.4 is 5.32 Å². The van der Waals surface area contributed by atoms with Gasteiger partial charge in [-0.1, -0.05) is 68.3 Å². The van der Waals surface area contributed by atoms with E-state index in [1.54, 1.807) is 12.1 Å². The predicted molar refractivity (Wildman–Crippen MR) is 114 cm³/mol. The summed E-state index contributed by atoms with van der Waals surface area (Å²) >= 11 is 12.0. The molecular weight excluding hydrogens is 433 g/mol. The van der Waals surface area contributed by atoms with Crippen molar-refractivity contribution in [1.29, 1.82) is 0 Å². The van der Waals surface area contributed by atoms with Crippen molar-refractivity contribution in [2.75, 3.05) is 13.2 Å². The molecule has 1 saturated heterocycles. The Morgan fingerprint density at radius 3 is 2.50 bits per heavy atom. The number of hydrogen-bond acceptors (Lipinski definition) is 6. The van der Waals surface area contributed by atoms with Gasteiger partial charge in [0.05, 0.1) is 16.7 Å². The highest BCUT2D eigenvalue weighted by Gasteiger charge is 2.45. The second-order valence-corrected chi connectivity index (χ2v) is 8.28. The van der Waals surface area contributed by atoms with Crippen molar-refractivity contribution in [2.24, 2.45) is 0 Å². The molecule has 4 N–H and O–H groups in total. The van der Waals surface area contributed by atoms with Gasteiger partial charge in [0.15, 0.2) is 12.4 Å². The summed E-state index contributed by atoms with van der Waals surface area (Å²) < 4.78 is 11.3. The summed E-state index contributed by atoms with van der Waals surface area (Å²) in [6.07, 6.45) is 0.122. The molecule has 1 aliphatic heterocycles. The molecule has 1 aromatic rings. The van der Waals surface area contributed by atoms with E-state index in [0.29, 0.717) is 17.1 Å². The molecule has 1 unspecified atom stereocenters. The minimum Gasteiger partial charge on any atom is -0.394 e. The number of nitrogens with one attached hydrogen (secondary N) is 1. The first-order valence-corrected chi connectivity index (χ1v) is 11.1. The third kappa shape index (κ3) is 7.05. The lowest BCUT2D eigenvalue weighted by Gasteiger charge is -2.40. The minimum absolute atomic E-state index is 0.274. The molecule has 7 nitrogen and oxygen atoms in total. The summed E-state index contributed by atoms with van der Waals surface area (Å²) in [7, 11) is 0. The molecule has 1 aliphatic rings. The number of unbranched alkanes of at least 4 members (excludes halogenated alkanes) is 5. The second-order valence-electron chi connectivity index (χ2n) is 7.46. The molecule has 0 radical (unpaired) electrons. The van der Waals surface area contributed by atoms with E-state index < -0.39 is 43.2 Å². The number of carbonyl (C=O) groups excluding carboxylic acids is 1. The van der Waals surface area contributed by atoms with Crippen molar-refractivity contribution in [3.63, 3.8) is 0 Å². The molecule has 0 bridgehead atoms. The molecule has 0 spiro atoms. The summed E-state index contributed by atoms with van der Waals surface area (Å²) in [5.74, 6) is -0.500. The molecule has 1 amide bonds. The third-order valence-electron chi connectivity index (χ3n) is 5.07. The number of aliphatic hydroxyl groups excluding tert-OH is 3. The number of amides is 1. The fourth-order valence-electron chi connectivity index (χ4n) is 3.31. The van der Waals surface area contributed by atoms with Crippen molar-refractivity contribution >= 4 is 29.1 Å². The lowest BCUT2D eigenvalue weighted by molar-refractivity contribution is -0.299. The van der Waals surface area contributed by atoms with Gasteiger partial charge in [-0.3, -0.25) is 4.79 Å². The van der Waals surface area contributed by atoms with Gasteiger partial charge < -0.3 is 30.1 Å². The lowest BCUT2D eigenvalue weighted by Crippen LogP contribution is -2.58. The van der Waals surface area contributed by atoms with Gasteiger partial charge in [-0.25, -0.2) is 0 Å². The standard InChI is InChI=1S/C21H31Cl2NO6/c1-2-3-4-5-6-7-10-24-20(28)19-17(27)18(16(26)12-25)29-21(30-19)13-8-9-14(22)15(23)11-13/h8-9,11,16-19,21,25-27H,2-7,10,12H2,1H3,(H,24,28)/t16-,17+,18-,19-,21?/m0/s1. The van der Waals surface area contributed by atoms with Crippen LogP contribution in [0, 0.1) is 0 Å². The molecule has 1 aromatic carbocycles. The van der Waals surface area contributed by atoms with Crippen LogP contribution in [-0.2, 0) is 14.3 Å². The quantitative estimate of drug-likeness (QED) is 0.375. The van der Waals surface area contributed by atoms with Crippen molar-refractivity contribution in [3.05, 3.63) is 33.8 Å². The van der Waals surface area contributed by atoms with Crippen LogP contribution in [0.25, 0.3) is 0 Å². The van der Waals surface area contributed by atoms with Gasteiger partial charge in [0.1, 0.15) is 18.3 Å². The molecule has 1 heterocycles. The fourth-order valence-corrected chi connectivity index (χ4v) is 3.62. The normalized spacial score (nSPS) is 25.1. The van der Waals surface area contributed by atoms with E-state index in [4.69, 9.17) is 32.7 Å². The average molecular weight is 464 g/mol. The zero-order chi connectivity index (χ0) is 22.1. The molecule has 30 heavy (non-hydrogen) atoms. The van der Waals surface area contributed by atoms with E-state index in [9.17, 15) is 20.1 Å². The fraction of sp³-hybridized carbons (Fsp3) is 0.667. The number of ether oxygens (including phenoxy) is 2. The highest BCUT2D eigenvalue weighted by Crippen LogP contribution is 2.34. The lowest BCUT2D eigenvalue weighted by atomic mass is 10.00. The maximum absolute atomic E-state index is 12.7. The van der Waals surface area contributed by atoms with Gasteiger partial charge in [-0.15, -0.1) is 0 Å². The summed E-state index contributed by atoms with van der Waals surface area (Å²) in [6.45, 7) is 1.98. The topological polar surface area (TPSA) is 108 Å². The SMILES string of the molecule is CCCCCCCCNC(=O)[C@H]1OC(c2ccc(Cl)c(Cl)c2)O[C@@H]([C@@H](O)CO)[C@H]1O. The summed E-state index contributed by atoms with van der Waals surface area (Å²) in [5, 5.41) is 33.3. The maximum Gasteiger partial charge on any atom is 0.252 e. The van der Waals surface area contributed by atoms with Gasteiger partial charge in [0.2, 0.25) is 0 Å². The van der Waals surface area contributed by atoms with Gasteiger partial charge >= 0.3 is 0 Å². The summed E-state index contributed by atoms with van der Waals surface area (Å²) in [4.78, 5) is 12.7. The van der Waals surface area contributed by atoms with E-state index in [0.717, 1.165) is 19.3 Å². The minimum atomic E-state index is -1.45. The number of benzene rings is 1. The van der Waals surface area contributed by atoms with Crippen LogP contribution in [0.5, 0.6) is 0 Å². The molecule has 2 rings (SSSR count). The van der Waals surface area contributed by atoms with E-state index >= 15 is 0 Å². The van der Waals surface area contributed by atoms with Gasteiger partial charge in [-0.2, -0.15) is 0 Å². The number of rotatable bonds is 11. The second kappa shape index (κ2) is 12.8. The van der Waals surface area contributed by atoms with Gasteiger partial charge in [0.25, 0.3) is 5.91 Å². The monoisotopic (exact) mass is 463 g/mol. The van der Waals surface area contributed by atoms with E-state index in [-0.39, 0.29) is 5.02 Å². The highest BCUT2D eigenvalue weighted by atomic mass is 35.5.